The van der Waals surface area contributed by atoms with E-state index in [0.717, 1.165) is 32.1 Å². The van der Waals surface area contributed by atoms with Gasteiger partial charge in [0.1, 0.15) is 0 Å². The maximum atomic E-state index is 3.49. The number of piperazine rings is 1. The van der Waals surface area contributed by atoms with Crippen molar-refractivity contribution in [1.82, 2.24) is 10.2 Å². The number of rotatable bonds is 4. The number of aryl methyl sites for hydroxylation is 1. The highest BCUT2D eigenvalue weighted by atomic mass is 15.2. The second-order valence-corrected chi connectivity index (χ2v) is 8.10. The van der Waals surface area contributed by atoms with Crippen LogP contribution < -0.4 is 5.32 Å². The molecular weight excluding hydrogens is 316 g/mol. The summed E-state index contributed by atoms with van der Waals surface area (Å²) in [7, 11) is 0. The van der Waals surface area contributed by atoms with Crippen molar-refractivity contribution in [3.63, 3.8) is 0 Å². The van der Waals surface area contributed by atoms with Crippen molar-refractivity contribution in [1.29, 1.82) is 0 Å². The van der Waals surface area contributed by atoms with Crippen LogP contribution in [-0.2, 0) is 0 Å². The van der Waals surface area contributed by atoms with E-state index in [4.69, 9.17) is 0 Å². The fourth-order valence-corrected chi connectivity index (χ4v) is 4.69. The van der Waals surface area contributed by atoms with Gasteiger partial charge in [0.05, 0.1) is 6.04 Å². The Morgan fingerprint density at radius 2 is 1.38 bits per heavy atom. The van der Waals surface area contributed by atoms with Crippen LogP contribution in [0.25, 0.3) is 0 Å². The van der Waals surface area contributed by atoms with Crippen LogP contribution in [0.1, 0.15) is 66.3 Å². The molecule has 2 heteroatoms. The van der Waals surface area contributed by atoms with Gasteiger partial charge in [-0.05, 0) is 42.4 Å². The van der Waals surface area contributed by atoms with Crippen molar-refractivity contribution in [2.45, 2.75) is 51.0 Å². The van der Waals surface area contributed by atoms with Gasteiger partial charge >= 0.3 is 0 Å². The van der Waals surface area contributed by atoms with E-state index < -0.39 is 0 Å². The highest BCUT2D eigenvalue weighted by Gasteiger charge is 2.24. The van der Waals surface area contributed by atoms with E-state index in [1.54, 1.807) is 5.56 Å². The van der Waals surface area contributed by atoms with E-state index in [2.05, 4.69) is 65.7 Å². The Kier molecular flexibility index (Phi) is 5.72. The van der Waals surface area contributed by atoms with E-state index >= 15 is 0 Å². The average Bonchev–Trinajstić information content (AvgIpc) is 2.72. The van der Waals surface area contributed by atoms with E-state index in [1.807, 2.05) is 0 Å². The third-order valence-corrected chi connectivity index (χ3v) is 6.24. The molecular formula is C24H32N2. The molecule has 26 heavy (non-hydrogen) atoms. The summed E-state index contributed by atoms with van der Waals surface area (Å²) in [5.41, 5.74) is 5.75. The van der Waals surface area contributed by atoms with Crippen LogP contribution in [0.3, 0.4) is 0 Å². The maximum Gasteiger partial charge on any atom is 0.0602 e. The Labute approximate surface area is 158 Å². The normalized spacial score (nSPS) is 20.8. The summed E-state index contributed by atoms with van der Waals surface area (Å²) in [4.78, 5) is 2.64. The van der Waals surface area contributed by atoms with Gasteiger partial charge in [0, 0.05) is 26.2 Å². The van der Waals surface area contributed by atoms with Crippen LogP contribution in [0, 0.1) is 6.92 Å². The van der Waals surface area contributed by atoms with Crippen LogP contribution in [0.4, 0.5) is 0 Å². The first-order valence-corrected chi connectivity index (χ1v) is 10.4. The molecule has 0 radical (unpaired) electrons. The highest BCUT2D eigenvalue weighted by Crippen LogP contribution is 2.35. The monoisotopic (exact) mass is 348 g/mol. The number of benzene rings is 2. The Morgan fingerprint density at radius 3 is 2.00 bits per heavy atom. The lowest BCUT2D eigenvalue weighted by Gasteiger charge is -2.36. The lowest BCUT2D eigenvalue weighted by molar-refractivity contribution is 0.198. The topological polar surface area (TPSA) is 15.3 Å². The van der Waals surface area contributed by atoms with E-state index in [-0.39, 0.29) is 0 Å². The van der Waals surface area contributed by atoms with Gasteiger partial charge in [0.15, 0.2) is 0 Å². The quantitative estimate of drug-likeness (QED) is 0.833. The number of hydrogen-bond donors (Lipinski definition) is 1. The summed E-state index contributed by atoms with van der Waals surface area (Å²) in [6.07, 6.45) is 6.97. The zero-order valence-corrected chi connectivity index (χ0v) is 16.1. The molecule has 2 fully saturated rings. The molecule has 1 aliphatic heterocycles. The molecule has 0 bridgehead atoms. The first-order chi connectivity index (χ1) is 12.8. The molecule has 1 N–H and O–H groups in total. The first kappa shape index (κ1) is 17.8. The van der Waals surface area contributed by atoms with Gasteiger partial charge in [-0.15, -0.1) is 0 Å². The van der Waals surface area contributed by atoms with Gasteiger partial charge in [-0.2, -0.15) is 0 Å². The summed E-state index contributed by atoms with van der Waals surface area (Å²) in [5, 5.41) is 3.49. The molecule has 2 aliphatic rings. The van der Waals surface area contributed by atoms with E-state index in [1.165, 1.54) is 48.8 Å². The SMILES string of the molecule is Cc1ccc(C(c2ccc(C3CCCCC3)cc2)N2CCNCC2)cc1. The Morgan fingerprint density at radius 1 is 0.808 bits per heavy atom. The number of hydrogen-bond acceptors (Lipinski definition) is 2. The molecule has 0 aromatic heterocycles. The number of nitrogens with one attached hydrogen (secondary N) is 1. The van der Waals surface area contributed by atoms with Gasteiger partial charge in [-0.1, -0.05) is 73.4 Å². The van der Waals surface area contributed by atoms with Gasteiger partial charge in [0.25, 0.3) is 0 Å². The van der Waals surface area contributed by atoms with Crippen molar-refractivity contribution >= 4 is 0 Å². The predicted octanol–water partition coefficient (Wildman–Crippen LogP) is 5.04. The van der Waals surface area contributed by atoms with Gasteiger partial charge < -0.3 is 5.32 Å². The van der Waals surface area contributed by atoms with E-state index in [9.17, 15) is 0 Å². The summed E-state index contributed by atoms with van der Waals surface area (Å²) in [6.45, 7) is 6.57. The maximum absolute atomic E-state index is 3.49. The minimum atomic E-state index is 0.373. The molecule has 4 rings (SSSR count). The van der Waals surface area contributed by atoms with Crippen molar-refractivity contribution in [2.24, 2.45) is 0 Å². The van der Waals surface area contributed by atoms with Crippen molar-refractivity contribution in [3.8, 4) is 0 Å². The molecule has 1 aliphatic carbocycles. The predicted molar refractivity (Wildman–Crippen MR) is 110 cm³/mol. The molecule has 138 valence electrons. The average molecular weight is 349 g/mol. The Balaban J connectivity index is 1.61. The third-order valence-electron chi connectivity index (χ3n) is 6.24. The minimum Gasteiger partial charge on any atom is -0.314 e. The zero-order valence-electron chi connectivity index (χ0n) is 16.1. The molecule has 1 heterocycles. The second kappa shape index (κ2) is 8.37. The van der Waals surface area contributed by atoms with Crippen molar-refractivity contribution in [3.05, 3.63) is 70.8 Å². The van der Waals surface area contributed by atoms with E-state index in [0.29, 0.717) is 6.04 Å². The number of nitrogens with zero attached hydrogens (tertiary/aromatic N) is 1. The lowest BCUT2D eigenvalue weighted by Crippen LogP contribution is -2.45. The Hall–Kier alpha value is -1.64. The molecule has 1 saturated heterocycles. The lowest BCUT2D eigenvalue weighted by atomic mass is 9.83. The van der Waals surface area contributed by atoms with Gasteiger partial charge in [0.2, 0.25) is 0 Å². The molecule has 1 unspecified atom stereocenters. The van der Waals surface area contributed by atoms with Crippen LogP contribution in [-0.4, -0.2) is 31.1 Å². The summed E-state index contributed by atoms with van der Waals surface area (Å²) < 4.78 is 0. The summed E-state index contributed by atoms with van der Waals surface area (Å²) in [5.74, 6) is 0.787. The van der Waals surface area contributed by atoms with Gasteiger partial charge in [-0.25, -0.2) is 0 Å². The molecule has 2 aromatic rings. The third kappa shape index (κ3) is 4.02. The van der Waals surface area contributed by atoms with Crippen molar-refractivity contribution in [2.75, 3.05) is 26.2 Å². The summed E-state index contributed by atoms with van der Waals surface area (Å²) >= 11 is 0. The molecule has 1 saturated carbocycles. The van der Waals surface area contributed by atoms with Crippen LogP contribution >= 0.6 is 0 Å². The second-order valence-electron chi connectivity index (χ2n) is 8.10. The largest absolute Gasteiger partial charge is 0.314 e. The standard InChI is InChI=1S/C24H32N2/c1-19-7-9-22(10-8-19)24(26-17-15-25-16-18-26)23-13-11-21(12-14-23)20-5-3-2-4-6-20/h7-14,20,24-25H,2-6,15-18H2,1H3. The van der Waals surface area contributed by atoms with Crippen LogP contribution in [0.5, 0.6) is 0 Å². The smallest absolute Gasteiger partial charge is 0.0602 e. The molecule has 2 aromatic carbocycles. The highest BCUT2D eigenvalue weighted by molar-refractivity contribution is 5.36. The fraction of sp³-hybridized carbons (Fsp3) is 0.500. The van der Waals surface area contributed by atoms with Crippen LogP contribution in [0.2, 0.25) is 0 Å². The minimum absolute atomic E-state index is 0.373. The van der Waals surface area contributed by atoms with Gasteiger partial charge in [-0.3, -0.25) is 4.90 Å². The van der Waals surface area contributed by atoms with Crippen LogP contribution in [0.15, 0.2) is 48.5 Å². The van der Waals surface area contributed by atoms with Crippen molar-refractivity contribution < 1.29 is 0 Å². The molecule has 1 atom stereocenters. The summed E-state index contributed by atoms with van der Waals surface area (Å²) in [6, 6.07) is 19.1. The molecule has 0 spiro atoms. The Bertz CT molecular complexity index is 677. The molecule has 0 amide bonds. The first-order valence-electron chi connectivity index (χ1n) is 10.4. The zero-order chi connectivity index (χ0) is 17.8. The fourth-order valence-electron chi connectivity index (χ4n) is 4.69. The molecule has 2 nitrogen and oxygen atoms in total.